The van der Waals surface area contributed by atoms with Crippen LogP contribution in [0.5, 0.6) is 5.75 Å². The molecule has 0 atom stereocenters. The van der Waals surface area contributed by atoms with Crippen molar-refractivity contribution in [2.45, 2.75) is 0 Å². The second-order valence-electron chi connectivity index (χ2n) is 8.80. The van der Waals surface area contributed by atoms with Gasteiger partial charge in [-0.05, 0) is 50.0 Å². The summed E-state index contributed by atoms with van der Waals surface area (Å²) in [5.41, 5.74) is 3.10. The summed E-state index contributed by atoms with van der Waals surface area (Å²) < 4.78 is 2.16. The zero-order chi connectivity index (χ0) is 21.5. The first kappa shape index (κ1) is 28.8. The zero-order valence-electron chi connectivity index (χ0n) is 19.8. The van der Waals surface area contributed by atoms with Gasteiger partial charge in [0.05, 0.1) is 11.1 Å². The maximum absolute atomic E-state index is 9.70. The number of phenolic OH excluding ortho intramolecular Hbond substituents is 1. The predicted octanol–water partition coefficient (Wildman–Crippen LogP) is 3.58. The Morgan fingerprint density at radius 1 is 0.706 bits per heavy atom. The van der Waals surface area contributed by atoms with Gasteiger partial charge in [0.15, 0.2) is 0 Å². The maximum Gasteiger partial charge on any atom is 0.229 e. The lowest BCUT2D eigenvalue weighted by molar-refractivity contribution is 0.309. The van der Waals surface area contributed by atoms with Crippen molar-refractivity contribution in [3.63, 3.8) is 0 Å². The van der Waals surface area contributed by atoms with Gasteiger partial charge in [0.25, 0.3) is 0 Å². The van der Waals surface area contributed by atoms with E-state index in [4.69, 9.17) is 9.97 Å². The van der Waals surface area contributed by atoms with Crippen LogP contribution in [0.4, 0.5) is 11.8 Å². The largest absolute Gasteiger partial charge is 0.508 e. The fourth-order valence-electron chi connectivity index (χ4n) is 4.48. The van der Waals surface area contributed by atoms with Gasteiger partial charge in [0, 0.05) is 59.4 Å². The minimum Gasteiger partial charge on any atom is -0.508 e. The van der Waals surface area contributed by atoms with Gasteiger partial charge in [0.2, 0.25) is 5.95 Å². The van der Waals surface area contributed by atoms with Gasteiger partial charge in [-0.3, -0.25) is 0 Å². The molecule has 3 aromatic rings. The van der Waals surface area contributed by atoms with Crippen LogP contribution in [0.3, 0.4) is 0 Å². The monoisotopic (exact) mass is 661 g/mol. The van der Waals surface area contributed by atoms with Crippen molar-refractivity contribution < 1.29 is 5.11 Å². The molecule has 0 radical (unpaired) electrons. The Kier molecular flexibility index (Phi) is 10.2. The Morgan fingerprint density at radius 3 is 1.79 bits per heavy atom. The van der Waals surface area contributed by atoms with Gasteiger partial charge in [-0.25, -0.2) is 0 Å². The molecule has 34 heavy (non-hydrogen) atoms. The van der Waals surface area contributed by atoms with Crippen LogP contribution in [0.15, 0.2) is 30.3 Å². The SMILES string of the molecule is Br.Br.Br.CN1CCN(c2nc(N3CCN(C)CC3)c3cc(-c4ccc(O)cc4)n(C)c3n2)CC1. The van der Waals surface area contributed by atoms with Crippen LogP contribution in [0.2, 0.25) is 0 Å². The maximum atomic E-state index is 9.70. The number of anilines is 2. The van der Waals surface area contributed by atoms with E-state index in [0.717, 1.165) is 86.4 Å². The summed E-state index contributed by atoms with van der Waals surface area (Å²) in [4.78, 5) is 19.6. The number of aromatic hydroxyl groups is 1. The predicted molar refractivity (Wildman–Crippen MR) is 156 cm³/mol. The van der Waals surface area contributed by atoms with E-state index < -0.39 is 0 Å². The van der Waals surface area contributed by atoms with E-state index in [0.29, 0.717) is 0 Å². The first-order valence-corrected chi connectivity index (χ1v) is 11.0. The van der Waals surface area contributed by atoms with E-state index in [1.165, 1.54) is 0 Å². The molecule has 0 bridgehead atoms. The Balaban J connectivity index is 0.00000136. The highest BCUT2D eigenvalue weighted by Gasteiger charge is 2.25. The fraction of sp³-hybridized carbons (Fsp3) is 0.478. The van der Waals surface area contributed by atoms with Crippen LogP contribution in [0, 0.1) is 0 Å². The van der Waals surface area contributed by atoms with E-state index in [9.17, 15) is 5.11 Å². The molecular formula is C23H34Br3N7O. The summed E-state index contributed by atoms with van der Waals surface area (Å²) in [6.07, 6.45) is 0. The lowest BCUT2D eigenvalue weighted by Gasteiger charge is -2.35. The van der Waals surface area contributed by atoms with Crippen LogP contribution in [0.1, 0.15) is 0 Å². The van der Waals surface area contributed by atoms with Crippen LogP contribution >= 0.6 is 50.9 Å². The second kappa shape index (κ2) is 12.0. The molecule has 2 aliphatic heterocycles. The van der Waals surface area contributed by atoms with E-state index in [-0.39, 0.29) is 56.7 Å². The van der Waals surface area contributed by atoms with Crippen molar-refractivity contribution in [1.82, 2.24) is 24.3 Å². The molecule has 1 aromatic carbocycles. The molecule has 0 unspecified atom stereocenters. The molecule has 0 aliphatic carbocycles. The Hall–Kier alpha value is -1.40. The normalized spacial score (nSPS) is 17.1. The Bertz CT molecular complexity index is 1080. The van der Waals surface area contributed by atoms with Crippen molar-refractivity contribution in [2.75, 3.05) is 76.3 Å². The van der Waals surface area contributed by atoms with Crippen molar-refractivity contribution in [1.29, 1.82) is 0 Å². The smallest absolute Gasteiger partial charge is 0.229 e. The molecule has 188 valence electrons. The number of hydrogen-bond acceptors (Lipinski definition) is 7. The molecule has 2 aromatic heterocycles. The number of fused-ring (bicyclic) bond motifs is 1. The molecule has 4 heterocycles. The van der Waals surface area contributed by atoms with Crippen LogP contribution in [-0.2, 0) is 7.05 Å². The number of rotatable bonds is 3. The molecule has 0 spiro atoms. The first-order valence-electron chi connectivity index (χ1n) is 11.0. The van der Waals surface area contributed by atoms with Gasteiger partial charge in [-0.15, -0.1) is 50.9 Å². The number of nitrogens with zero attached hydrogens (tertiary/aromatic N) is 7. The summed E-state index contributed by atoms with van der Waals surface area (Å²) in [7, 11) is 6.41. The lowest BCUT2D eigenvalue weighted by atomic mass is 10.1. The number of aromatic nitrogens is 3. The van der Waals surface area contributed by atoms with Gasteiger partial charge < -0.3 is 29.3 Å². The lowest BCUT2D eigenvalue weighted by Crippen LogP contribution is -2.46. The molecule has 5 rings (SSSR count). The topological polar surface area (TPSA) is 63.9 Å². The van der Waals surface area contributed by atoms with Gasteiger partial charge in [-0.2, -0.15) is 9.97 Å². The first-order chi connectivity index (χ1) is 15.0. The van der Waals surface area contributed by atoms with Crippen molar-refractivity contribution in [3.8, 4) is 17.0 Å². The standard InChI is InChI=1S/C23H31N7O.3BrH/c1-26-8-12-29(13-9-26)22-19-16-20(17-4-6-18(31)7-5-17)28(3)21(19)24-23(25-22)30-14-10-27(2)11-15-30;;;/h4-7,16,31H,8-15H2,1-3H3;3*1H. The summed E-state index contributed by atoms with van der Waals surface area (Å²) in [6, 6.07) is 9.57. The third kappa shape index (κ3) is 5.70. The minimum atomic E-state index is 0. The van der Waals surface area contributed by atoms with E-state index in [1.807, 2.05) is 12.1 Å². The number of benzene rings is 1. The number of piperazine rings is 2. The average molecular weight is 664 g/mol. The summed E-state index contributed by atoms with van der Waals surface area (Å²) in [5, 5.41) is 10.8. The second-order valence-corrected chi connectivity index (χ2v) is 8.80. The summed E-state index contributed by atoms with van der Waals surface area (Å²) in [5.74, 6) is 2.14. The summed E-state index contributed by atoms with van der Waals surface area (Å²) in [6.45, 7) is 7.94. The quantitative estimate of drug-likeness (QED) is 0.460. The molecule has 1 N–H and O–H groups in total. The summed E-state index contributed by atoms with van der Waals surface area (Å²) >= 11 is 0. The highest BCUT2D eigenvalue weighted by molar-refractivity contribution is 8.93. The van der Waals surface area contributed by atoms with Crippen LogP contribution in [0.25, 0.3) is 22.3 Å². The third-order valence-electron chi connectivity index (χ3n) is 6.61. The molecule has 8 nitrogen and oxygen atoms in total. The number of likely N-dealkylation sites (N-methyl/N-ethyl adjacent to an activating group) is 2. The third-order valence-corrected chi connectivity index (χ3v) is 6.61. The fourth-order valence-corrected chi connectivity index (χ4v) is 4.48. The molecule has 2 fully saturated rings. The molecule has 0 saturated carbocycles. The zero-order valence-corrected chi connectivity index (χ0v) is 25.0. The van der Waals surface area contributed by atoms with Gasteiger partial charge >= 0.3 is 0 Å². The molecule has 2 saturated heterocycles. The average Bonchev–Trinajstić information content (AvgIpc) is 3.11. The molecule has 0 amide bonds. The molecule has 11 heteroatoms. The number of phenols is 1. The van der Waals surface area contributed by atoms with E-state index in [1.54, 1.807) is 12.1 Å². The van der Waals surface area contributed by atoms with E-state index in [2.05, 4.69) is 51.4 Å². The number of halogens is 3. The molecular weight excluding hydrogens is 630 g/mol. The van der Waals surface area contributed by atoms with Gasteiger partial charge in [0.1, 0.15) is 17.2 Å². The highest BCUT2D eigenvalue weighted by Crippen LogP contribution is 2.34. The Morgan fingerprint density at radius 2 is 1.24 bits per heavy atom. The highest BCUT2D eigenvalue weighted by atomic mass is 79.9. The number of aryl methyl sites for hydroxylation is 1. The number of hydrogen-bond donors (Lipinski definition) is 1. The van der Waals surface area contributed by atoms with Crippen LogP contribution < -0.4 is 9.80 Å². The van der Waals surface area contributed by atoms with Crippen molar-refractivity contribution in [3.05, 3.63) is 30.3 Å². The van der Waals surface area contributed by atoms with E-state index >= 15 is 0 Å². The van der Waals surface area contributed by atoms with Gasteiger partial charge in [-0.1, -0.05) is 0 Å². The molecule has 2 aliphatic rings. The Labute approximate surface area is 232 Å². The van der Waals surface area contributed by atoms with Crippen LogP contribution in [-0.4, -0.2) is 95.9 Å². The van der Waals surface area contributed by atoms with Crippen molar-refractivity contribution in [2.24, 2.45) is 7.05 Å². The van der Waals surface area contributed by atoms with Crippen molar-refractivity contribution >= 4 is 73.7 Å². The minimum absolute atomic E-state index is 0.